The van der Waals surface area contributed by atoms with Crippen LogP contribution in [0.15, 0.2) is 84.9 Å². The molecule has 0 amide bonds. The van der Waals surface area contributed by atoms with Crippen LogP contribution in [0.3, 0.4) is 0 Å². The van der Waals surface area contributed by atoms with E-state index >= 15 is 0 Å². The van der Waals surface area contributed by atoms with Crippen molar-refractivity contribution < 1.29 is 1.43 Å². The summed E-state index contributed by atoms with van der Waals surface area (Å²) in [7, 11) is 0. The molecule has 0 unspecified atom stereocenters. The molecule has 2 aliphatic rings. The third-order valence-electron chi connectivity index (χ3n) is 7.27. The average molecular weight is 570 g/mol. The van der Waals surface area contributed by atoms with E-state index < -0.39 is 0 Å². The molecule has 4 heteroatoms. The second kappa shape index (κ2) is 13.0. The molecule has 3 nitrogen and oxygen atoms in total. The minimum atomic E-state index is 0. The lowest BCUT2D eigenvalue weighted by Crippen LogP contribution is -1.87. The molecule has 3 aromatic heterocycles. The van der Waals surface area contributed by atoms with Gasteiger partial charge in [-0.15, -0.1) is 11.3 Å². The minimum absolute atomic E-state index is 0. The second-order valence-electron chi connectivity index (χ2n) is 9.61. The highest BCUT2D eigenvalue weighted by Crippen LogP contribution is 2.36. The summed E-state index contributed by atoms with van der Waals surface area (Å²) in [6, 6.07) is 29.8. The maximum Gasteiger partial charge on any atom is 0.0737 e. The van der Waals surface area contributed by atoms with Crippen LogP contribution in [0.1, 0.15) is 63.0 Å². The Balaban J connectivity index is 0.000000814. The van der Waals surface area contributed by atoms with Gasteiger partial charge in [0.05, 0.1) is 22.8 Å². The van der Waals surface area contributed by atoms with Gasteiger partial charge in [0.25, 0.3) is 0 Å². The van der Waals surface area contributed by atoms with Crippen LogP contribution in [0.2, 0.25) is 0 Å². The normalized spacial score (nSPS) is 11.4. The van der Waals surface area contributed by atoms with Gasteiger partial charge in [-0.05, 0) is 84.7 Å². The van der Waals surface area contributed by atoms with E-state index in [2.05, 4.69) is 122 Å². The number of nitrogens with zero attached hydrogens (tertiary/aromatic N) is 2. The number of aromatic nitrogens is 3. The van der Waals surface area contributed by atoms with Crippen LogP contribution in [-0.2, 0) is 0 Å². The van der Waals surface area contributed by atoms with Gasteiger partial charge in [-0.1, -0.05) is 88.4 Å². The standard InChI is InChI=1S/C34H25N3S.2C2H6.H2/c1-21-25-13-16-28(35-25)33(23-9-5-3-6-10-23)29-17-15-27(37-29)22(2)31-19-20-32(38-31)34(24-11-7-4-8-12-24)30-18-14-26(21)36-30;2*1-2;/h3-20,35H,1-2H3;2*1-2H3;1H. The van der Waals surface area contributed by atoms with Crippen molar-refractivity contribution >= 4 is 56.1 Å². The summed E-state index contributed by atoms with van der Waals surface area (Å²) >= 11 is 1.80. The average Bonchev–Trinajstić information content (AvgIpc) is 3.88. The predicted octanol–water partition coefficient (Wildman–Crippen LogP) is 11.6. The largest absolute Gasteiger partial charge is 0.355 e. The quantitative estimate of drug-likeness (QED) is 0.225. The monoisotopic (exact) mass is 569 g/mol. The number of aryl methyl sites for hydroxylation is 2. The lowest BCUT2D eigenvalue weighted by Gasteiger charge is -2.04. The van der Waals surface area contributed by atoms with Crippen LogP contribution < -0.4 is 0 Å². The maximum absolute atomic E-state index is 5.14. The van der Waals surface area contributed by atoms with Gasteiger partial charge < -0.3 is 4.98 Å². The molecule has 5 heterocycles. The van der Waals surface area contributed by atoms with Gasteiger partial charge in [-0.2, -0.15) is 0 Å². The number of H-pyrrole nitrogens is 1. The molecule has 42 heavy (non-hydrogen) atoms. The lowest BCUT2D eigenvalue weighted by atomic mass is 10.0. The summed E-state index contributed by atoms with van der Waals surface area (Å²) in [6.45, 7) is 12.3. The van der Waals surface area contributed by atoms with E-state index in [0.29, 0.717) is 0 Å². The summed E-state index contributed by atoms with van der Waals surface area (Å²) < 4.78 is 2.41. The van der Waals surface area contributed by atoms with Gasteiger partial charge >= 0.3 is 0 Å². The third-order valence-corrected chi connectivity index (χ3v) is 8.49. The Kier molecular flexibility index (Phi) is 8.94. The first-order valence-corrected chi connectivity index (χ1v) is 15.6. The Morgan fingerprint density at radius 2 is 0.976 bits per heavy atom. The van der Waals surface area contributed by atoms with E-state index in [1.54, 1.807) is 11.3 Å². The highest BCUT2D eigenvalue weighted by molar-refractivity contribution is 7.24. The Morgan fingerprint density at radius 3 is 1.60 bits per heavy atom. The van der Waals surface area contributed by atoms with E-state index in [1.807, 2.05) is 33.8 Å². The molecule has 0 fully saturated rings. The minimum Gasteiger partial charge on any atom is -0.355 e. The molecule has 1 N–H and O–H groups in total. The highest BCUT2D eigenvalue weighted by Gasteiger charge is 2.15. The van der Waals surface area contributed by atoms with Crippen molar-refractivity contribution in [2.24, 2.45) is 0 Å². The zero-order valence-electron chi connectivity index (χ0n) is 25.2. The highest BCUT2D eigenvalue weighted by atomic mass is 32.1. The fraction of sp³-hybridized carbons (Fsp3) is 0.158. The van der Waals surface area contributed by atoms with Gasteiger partial charge in [0.15, 0.2) is 0 Å². The van der Waals surface area contributed by atoms with Gasteiger partial charge in [0.1, 0.15) is 0 Å². The topological polar surface area (TPSA) is 41.6 Å². The summed E-state index contributed by atoms with van der Waals surface area (Å²) in [5, 5.41) is 0. The molecule has 7 rings (SSSR count). The lowest BCUT2D eigenvalue weighted by molar-refractivity contribution is 1.27. The molecule has 5 aromatic rings. The smallest absolute Gasteiger partial charge is 0.0737 e. The van der Waals surface area contributed by atoms with Crippen LogP contribution in [0.25, 0.3) is 67.0 Å². The second-order valence-corrected chi connectivity index (χ2v) is 10.7. The zero-order chi connectivity index (χ0) is 29.6. The molecule has 0 spiro atoms. The molecule has 0 saturated heterocycles. The Morgan fingerprint density at radius 1 is 0.500 bits per heavy atom. The summed E-state index contributed by atoms with van der Waals surface area (Å²) in [6.07, 6.45) is 8.55. The van der Waals surface area contributed by atoms with Crippen molar-refractivity contribution in [3.8, 4) is 22.3 Å². The number of aromatic amines is 1. The van der Waals surface area contributed by atoms with Crippen LogP contribution in [0.5, 0.6) is 0 Å². The number of hydrogen-bond acceptors (Lipinski definition) is 3. The number of rotatable bonds is 2. The molecule has 212 valence electrons. The van der Waals surface area contributed by atoms with E-state index in [1.165, 1.54) is 20.5 Å². The van der Waals surface area contributed by atoms with Gasteiger partial charge in [0.2, 0.25) is 0 Å². The first kappa shape index (κ1) is 29.0. The van der Waals surface area contributed by atoms with Crippen molar-refractivity contribution in [1.29, 1.82) is 0 Å². The molecule has 0 saturated carbocycles. The first-order chi connectivity index (χ1) is 20.7. The van der Waals surface area contributed by atoms with Crippen molar-refractivity contribution in [3.05, 3.63) is 119 Å². The first-order valence-electron chi connectivity index (χ1n) is 14.8. The molecule has 0 aliphatic carbocycles. The number of fused-ring (bicyclic) bond motifs is 8. The van der Waals surface area contributed by atoms with Crippen LogP contribution in [0, 0.1) is 13.8 Å². The van der Waals surface area contributed by atoms with Crippen LogP contribution in [-0.4, -0.2) is 15.0 Å². The Bertz CT molecular complexity index is 1790. The Hall–Kier alpha value is -4.54. The molecular weight excluding hydrogens is 531 g/mol. The summed E-state index contributed by atoms with van der Waals surface area (Å²) in [5.74, 6) is 0. The van der Waals surface area contributed by atoms with E-state index in [-0.39, 0.29) is 1.43 Å². The predicted molar refractivity (Wildman–Crippen MR) is 188 cm³/mol. The van der Waals surface area contributed by atoms with Gasteiger partial charge in [-0.3, -0.25) is 0 Å². The number of benzene rings is 2. The van der Waals surface area contributed by atoms with Crippen molar-refractivity contribution in [2.45, 2.75) is 41.5 Å². The third kappa shape index (κ3) is 5.50. The van der Waals surface area contributed by atoms with Crippen LogP contribution in [0.4, 0.5) is 0 Å². The number of thiophene rings is 1. The zero-order valence-corrected chi connectivity index (χ0v) is 26.0. The van der Waals surface area contributed by atoms with E-state index in [0.717, 1.165) is 56.1 Å². The fourth-order valence-electron chi connectivity index (χ4n) is 5.19. The summed E-state index contributed by atoms with van der Waals surface area (Å²) in [5.41, 5.74) is 12.9. The van der Waals surface area contributed by atoms with Gasteiger partial charge in [-0.25, -0.2) is 9.97 Å². The van der Waals surface area contributed by atoms with E-state index in [9.17, 15) is 0 Å². The molecule has 2 aliphatic heterocycles. The molecular formula is C38H39N3S. The Labute approximate surface area is 254 Å². The number of hydrogen-bond donors (Lipinski definition) is 1. The van der Waals surface area contributed by atoms with Gasteiger partial charge in [0, 0.05) is 33.0 Å². The maximum atomic E-state index is 5.14. The van der Waals surface area contributed by atoms with Crippen LogP contribution >= 0.6 is 11.3 Å². The van der Waals surface area contributed by atoms with E-state index in [4.69, 9.17) is 9.97 Å². The number of nitrogens with one attached hydrogen (secondary N) is 1. The molecule has 2 aromatic carbocycles. The summed E-state index contributed by atoms with van der Waals surface area (Å²) in [4.78, 5) is 14.0. The van der Waals surface area contributed by atoms with Crippen molar-refractivity contribution in [1.82, 2.24) is 15.0 Å². The fourth-order valence-corrected chi connectivity index (χ4v) is 6.28. The van der Waals surface area contributed by atoms with Crippen molar-refractivity contribution in [3.63, 3.8) is 0 Å². The molecule has 8 bridgehead atoms. The van der Waals surface area contributed by atoms with Crippen molar-refractivity contribution in [2.75, 3.05) is 0 Å². The molecule has 0 atom stereocenters. The SMILES string of the molecule is CC.CC.Cc1c2nc(c(-c3ccccc3)c3ccc(s3)c(C)c3nc(c(-c4ccccc4)c4ccc1[nH]4)C=C3)C=C2.[HH]. The molecule has 0 radical (unpaired) electrons.